The first-order valence-electron chi connectivity index (χ1n) is 3.72. The summed E-state index contributed by atoms with van der Waals surface area (Å²) in [5.74, 6) is 0. The molecule has 0 saturated heterocycles. The van der Waals surface area contributed by atoms with E-state index < -0.39 is 0 Å². The summed E-state index contributed by atoms with van der Waals surface area (Å²) >= 11 is 0. The first-order valence-corrected chi connectivity index (χ1v) is 3.72. The molecule has 0 aromatic carbocycles. The maximum atomic E-state index is 3.83. The van der Waals surface area contributed by atoms with E-state index in [1.54, 1.807) is 0 Å². The Morgan fingerprint density at radius 3 is 2.70 bits per heavy atom. The smallest absolute Gasteiger partial charge is 0.0282 e. The normalized spacial score (nSPS) is 10.1. The fourth-order valence-corrected chi connectivity index (χ4v) is 0.716. The number of hydrogen-bond acceptors (Lipinski definition) is 0. The van der Waals surface area contributed by atoms with Crippen molar-refractivity contribution in [2.24, 2.45) is 0 Å². The van der Waals surface area contributed by atoms with Crippen LogP contribution in [0.1, 0.15) is 26.2 Å². The van der Waals surface area contributed by atoms with E-state index in [1.165, 1.54) is 6.42 Å². The van der Waals surface area contributed by atoms with Crippen LogP contribution >= 0.6 is 0 Å². The van der Waals surface area contributed by atoms with Crippen LogP contribution in [0.3, 0.4) is 0 Å². The van der Waals surface area contributed by atoms with Gasteiger partial charge in [-0.1, -0.05) is 37.0 Å². The minimum atomic E-state index is 1.08. The van der Waals surface area contributed by atoms with E-state index in [1.807, 2.05) is 13.0 Å². The minimum Gasteiger partial charge on any atom is -0.0988 e. The van der Waals surface area contributed by atoms with E-state index >= 15 is 0 Å². The molecule has 0 fully saturated rings. The number of unbranched alkanes of at least 4 members (excludes halogenated alkanes) is 1. The maximum Gasteiger partial charge on any atom is -0.0282 e. The lowest BCUT2D eigenvalue weighted by Crippen LogP contribution is -1.75. The van der Waals surface area contributed by atoms with Crippen molar-refractivity contribution in [1.82, 2.24) is 0 Å². The van der Waals surface area contributed by atoms with Crippen LogP contribution < -0.4 is 0 Å². The zero-order chi connectivity index (χ0) is 7.82. The third kappa shape index (κ3) is 5.36. The van der Waals surface area contributed by atoms with Crippen LogP contribution in [0.15, 0.2) is 37.0 Å². The van der Waals surface area contributed by atoms with Gasteiger partial charge in [0.25, 0.3) is 0 Å². The molecule has 0 spiro atoms. The van der Waals surface area contributed by atoms with E-state index in [4.69, 9.17) is 0 Å². The van der Waals surface area contributed by atoms with E-state index in [9.17, 15) is 0 Å². The standard InChI is InChI=1S/C10H16/c1-4-6-7-8-9-10(3)5-2/h4-6H,2-3,7-9H2,1H3/b6-4+. The predicted molar refractivity (Wildman–Crippen MR) is 48.0 cm³/mol. The van der Waals surface area contributed by atoms with Crippen LogP contribution in [-0.2, 0) is 0 Å². The van der Waals surface area contributed by atoms with Crippen molar-refractivity contribution >= 4 is 0 Å². The molecule has 0 heteroatoms. The van der Waals surface area contributed by atoms with Crippen LogP contribution in [0, 0.1) is 0 Å². The maximum absolute atomic E-state index is 3.83. The molecule has 0 N–H and O–H groups in total. The summed E-state index contributed by atoms with van der Waals surface area (Å²) in [6.45, 7) is 9.51. The highest BCUT2D eigenvalue weighted by Gasteiger charge is 1.85. The Labute approximate surface area is 64.0 Å². The molecule has 0 nitrogen and oxygen atoms in total. The molecule has 0 radical (unpaired) electrons. The quantitative estimate of drug-likeness (QED) is 0.308. The second-order valence-electron chi connectivity index (χ2n) is 2.32. The van der Waals surface area contributed by atoms with Gasteiger partial charge in [0.15, 0.2) is 0 Å². The summed E-state index contributed by atoms with van der Waals surface area (Å²) in [4.78, 5) is 0. The first-order chi connectivity index (χ1) is 4.81. The highest BCUT2D eigenvalue weighted by atomic mass is 13.9. The highest BCUT2D eigenvalue weighted by Crippen LogP contribution is 2.05. The molecule has 0 heterocycles. The van der Waals surface area contributed by atoms with Gasteiger partial charge in [-0.3, -0.25) is 0 Å². The molecule has 0 aliphatic heterocycles. The Morgan fingerprint density at radius 2 is 2.20 bits per heavy atom. The summed E-state index contributed by atoms with van der Waals surface area (Å²) in [6.07, 6.45) is 9.51. The zero-order valence-electron chi connectivity index (χ0n) is 6.77. The average molecular weight is 136 g/mol. The predicted octanol–water partition coefficient (Wildman–Crippen LogP) is 3.48. The van der Waals surface area contributed by atoms with Crippen LogP contribution in [0.25, 0.3) is 0 Å². The van der Waals surface area contributed by atoms with E-state index in [-0.39, 0.29) is 0 Å². The van der Waals surface area contributed by atoms with Crippen molar-refractivity contribution < 1.29 is 0 Å². The molecular weight excluding hydrogens is 120 g/mol. The molecule has 10 heavy (non-hydrogen) atoms. The number of allylic oxidation sites excluding steroid dienone is 4. The van der Waals surface area contributed by atoms with Gasteiger partial charge < -0.3 is 0 Å². The molecule has 56 valence electrons. The molecule has 0 rings (SSSR count). The molecule has 0 bridgehead atoms. The van der Waals surface area contributed by atoms with Gasteiger partial charge in [-0.15, -0.1) is 0 Å². The van der Waals surface area contributed by atoms with Crippen molar-refractivity contribution in [3.05, 3.63) is 37.0 Å². The van der Waals surface area contributed by atoms with E-state index in [2.05, 4.69) is 25.3 Å². The Bertz CT molecular complexity index is 129. The third-order valence-electron chi connectivity index (χ3n) is 1.39. The van der Waals surface area contributed by atoms with Gasteiger partial charge in [-0.05, 0) is 26.2 Å². The monoisotopic (exact) mass is 136 g/mol. The van der Waals surface area contributed by atoms with E-state index in [0.29, 0.717) is 0 Å². The van der Waals surface area contributed by atoms with Crippen LogP contribution in [0.4, 0.5) is 0 Å². The largest absolute Gasteiger partial charge is 0.0988 e. The molecule has 0 amide bonds. The van der Waals surface area contributed by atoms with Gasteiger partial charge in [-0.2, -0.15) is 0 Å². The van der Waals surface area contributed by atoms with Crippen LogP contribution in [0.5, 0.6) is 0 Å². The second kappa shape index (κ2) is 6.34. The lowest BCUT2D eigenvalue weighted by molar-refractivity contribution is 0.848. The average Bonchev–Trinajstić information content (AvgIpc) is 1.98. The fraction of sp³-hybridized carbons (Fsp3) is 0.400. The minimum absolute atomic E-state index is 1.08. The van der Waals surface area contributed by atoms with Gasteiger partial charge in [0.2, 0.25) is 0 Å². The van der Waals surface area contributed by atoms with Crippen LogP contribution in [0.2, 0.25) is 0 Å². The highest BCUT2D eigenvalue weighted by molar-refractivity contribution is 5.10. The summed E-state index contributed by atoms with van der Waals surface area (Å²) in [5.41, 5.74) is 1.14. The lowest BCUT2D eigenvalue weighted by Gasteiger charge is -1.95. The second-order valence-corrected chi connectivity index (χ2v) is 2.32. The van der Waals surface area contributed by atoms with Crippen LogP contribution in [-0.4, -0.2) is 0 Å². The Balaban J connectivity index is 3.19. The molecule has 0 aliphatic rings. The van der Waals surface area contributed by atoms with Crippen molar-refractivity contribution in [2.75, 3.05) is 0 Å². The summed E-state index contributed by atoms with van der Waals surface area (Å²) in [6, 6.07) is 0. The molecule has 0 unspecified atom stereocenters. The van der Waals surface area contributed by atoms with Gasteiger partial charge in [0, 0.05) is 0 Å². The fourth-order valence-electron chi connectivity index (χ4n) is 0.716. The SMILES string of the molecule is C=CC(=C)CCC/C=C/C. The van der Waals surface area contributed by atoms with Gasteiger partial charge in [-0.25, -0.2) is 0 Å². The van der Waals surface area contributed by atoms with E-state index in [0.717, 1.165) is 18.4 Å². The molecule has 0 aliphatic carbocycles. The molecular formula is C10H16. The molecule has 0 aromatic rings. The van der Waals surface area contributed by atoms with Crippen molar-refractivity contribution in [3.8, 4) is 0 Å². The van der Waals surface area contributed by atoms with Crippen molar-refractivity contribution in [1.29, 1.82) is 0 Å². The summed E-state index contributed by atoms with van der Waals surface area (Å²) in [5, 5.41) is 0. The Morgan fingerprint density at radius 1 is 1.50 bits per heavy atom. The molecule has 0 aromatic heterocycles. The lowest BCUT2D eigenvalue weighted by atomic mass is 10.1. The zero-order valence-corrected chi connectivity index (χ0v) is 6.77. The number of rotatable bonds is 5. The molecule has 0 saturated carbocycles. The van der Waals surface area contributed by atoms with Gasteiger partial charge >= 0.3 is 0 Å². The topological polar surface area (TPSA) is 0 Å². The van der Waals surface area contributed by atoms with Crippen molar-refractivity contribution in [2.45, 2.75) is 26.2 Å². The third-order valence-corrected chi connectivity index (χ3v) is 1.39. The summed E-state index contributed by atoms with van der Waals surface area (Å²) in [7, 11) is 0. The summed E-state index contributed by atoms with van der Waals surface area (Å²) < 4.78 is 0. The van der Waals surface area contributed by atoms with Gasteiger partial charge in [0.05, 0.1) is 0 Å². The molecule has 0 atom stereocenters. The van der Waals surface area contributed by atoms with Crippen molar-refractivity contribution in [3.63, 3.8) is 0 Å². The van der Waals surface area contributed by atoms with Gasteiger partial charge in [0.1, 0.15) is 0 Å². The Kier molecular flexibility index (Phi) is 5.85. The Hall–Kier alpha value is -0.780. The first kappa shape index (κ1) is 9.22. The number of hydrogen-bond donors (Lipinski definition) is 0.